The van der Waals surface area contributed by atoms with Crippen LogP contribution in [0.2, 0.25) is 0 Å². The number of ether oxygens (including phenoxy) is 1. The molecule has 5 nitrogen and oxygen atoms in total. The summed E-state index contributed by atoms with van der Waals surface area (Å²) in [5.41, 5.74) is -0.529. The van der Waals surface area contributed by atoms with Crippen LogP contribution in [-0.2, 0) is 9.53 Å². The van der Waals surface area contributed by atoms with Gasteiger partial charge in [-0.05, 0) is 20.8 Å². The highest BCUT2D eigenvalue weighted by Gasteiger charge is 2.27. The molecule has 5 heteroatoms. The molecule has 1 aliphatic heterocycles. The minimum Gasteiger partial charge on any atom is -0.444 e. The number of hydrogen-bond acceptors (Lipinski definition) is 4. The van der Waals surface area contributed by atoms with Gasteiger partial charge in [0.1, 0.15) is 11.6 Å². The van der Waals surface area contributed by atoms with Crippen molar-refractivity contribution in [2.24, 2.45) is 0 Å². The van der Waals surface area contributed by atoms with Crippen molar-refractivity contribution in [3.63, 3.8) is 0 Å². The molecule has 2 N–H and O–H groups in total. The molecular formula is C9H16N2O3. The second kappa shape index (κ2) is 3.96. The molecule has 0 radical (unpaired) electrons. The van der Waals surface area contributed by atoms with Crippen molar-refractivity contribution in [1.29, 1.82) is 0 Å². The molecule has 80 valence electrons. The lowest BCUT2D eigenvalue weighted by Gasteiger charge is -2.21. The summed E-state index contributed by atoms with van der Waals surface area (Å²) in [5, 5.41) is 5.38. The van der Waals surface area contributed by atoms with Gasteiger partial charge in [0.25, 0.3) is 0 Å². The van der Waals surface area contributed by atoms with Crippen molar-refractivity contribution in [3.05, 3.63) is 0 Å². The molecule has 1 amide bonds. The van der Waals surface area contributed by atoms with Crippen molar-refractivity contribution in [2.75, 3.05) is 13.1 Å². The van der Waals surface area contributed by atoms with Crippen LogP contribution in [0.1, 0.15) is 20.8 Å². The Bertz CT molecular complexity index is 245. The van der Waals surface area contributed by atoms with Gasteiger partial charge in [-0.1, -0.05) is 0 Å². The van der Waals surface area contributed by atoms with E-state index in [0.29, 0.717) is 13.1 Å². The molecule has 1 aliphatic rings. The summed E-state index contributed by atoms with van der Waals surface area (Å²) in [6.07, 6.45) is -0.542. The summed E-state index contributed by atoms with van der Waals surface area (Å²) in [6.45, 7) is 6.14. The monoisotopic (exact) mass is 200 g/mol. The third-order valence-electron chi connectivity index (χ3n) is 1.73. The van der Waals surface area contributed by atoms with Gasteiger partial charge in [0.15, 0.2) is 5.78 Å². The van der Waals surface area contributed by atoms with Crippen LogP contribution in [0.5, 0.6) is 0 Å². The Morgan fingerprint density at radius 2 is 2.21 bits per heavy atom. The molecular weight excluding hydrogens is 184 g/mol. The van der Waals surface area contributed by atoms with E-state index in [9.17, 15) is 9.59 Å². The molecule has 1 fully saturated rings. The predicted octanol–water partition coefficient (Wildman–Crippen LogP) is 0.0520. The fourth-order valence-electron chi connectivity index (χ4n) is 1.16. The first-order valence-corrected chi connectivity index (χ1v) is 4.61. The SMILES string of the molecule is CC(C)(C)OC(=O)NC1CNCC1=O. The van der Waals surface area contributed by atoms with Gasteiger partial charge in [0, 0.05) is 6.54 Å². The predicted molar refractivity (Wildman–Crippen MR) is 51.0 cm³/mol. The van der Waals surface area contributed by atoms with Crippen molar-refractivity contribution >= 4 is 11.9 Å². The Balaban J connectivity index is 2.37. The van der Waals surface area contributed by atoms with Gasteiger partial charge in [-0.3, -0.25) is 4.79 Å². The van der Waals surface area contributed by atoms with Crippen LogP contribution in [0.15, 0.2) is 0 Å². The molecule has 0 aliphatic carbocycles. The van der Waals surface area contributed by atoms with Crippen LogP contribution < -0.4 is 10.6 Å². The van der Waals surface area contributed by atoms with Gasteiger partial charge in [0.2, 0.25) is 0 Å². The summed E-state index contributed by atoms with van der Waals surface area (Å²) in [4.78, 5) is 22.4. The number of amides is 1. The van der Waals surface area contributed by atoms with Crippen LogP contribution >= 0.6 is 0 Å². The van der Waals surface area contributed by atoms with Crippen LogP contribution in [0.4, 0.5) is 4.79 Å². The Hall–Kier alpha value is -1.10. The molecule has 1 rings (SSSR count). The summed E-state index contributed by atoms with van der Waals surface area (Å²) < 4.78 is 5.02. The number of nitrogens with one attached hydrogen (secondary N) is 2. The molecule has 1 heterocycles. The van der Waals surface area contributed by atoms with E-state index in [1.807, 2.05) is 0 Å². The van der Waals surface area contributed by atoms with Crippen LogP contribution in [-0.4, -0.2) is 36.6 Å². The second-order valence-corrected chi connectivity index (χ2v) is 4.30. The molecule has 0 bridgehead atoms. The third-order valence-corrected chi connectivity index (χ3v) is 1.73. The molecule has 1 unspecified atom stereocenters. The van der Waals surface area contributed by atoms with E-state index in [1.165, 1.54) is 0 Å². The first-order chi connectivity index (χ1) is 6.38. The maximum Gasteiger partial charge on any atom is 0.408 e. The minimum absolute atomic E-state index is 0.00383. The van der Waals surface area contributed by atoms with E-state index < -0.39 is 17.7 Å². The number of rotatable bonds is 1. The van der Waals surface area contributed by atoms with Gasteiger partial charge in [-0.25, -0.2) is 4.79 Å². The summed E-state index contributed by atoms with van der Waals surface area (Å²) >= 11 is 0. The number of alkyl carbamates (subject to hydrolysis) is 1. The highest BCUT2D eigenvalue weighted by Crippen LogP contribution is 2.07. The Morgan fingerprint density at radius 3 is 2.64 bits per heavy atom. The molecule has 0 aromatic carbocycles. The zero-order chi connectivity index (χ0) is 10.8. The fraction of sp³-hybridized carbons (Fsp3) is 0.778. The molecule has 14 heavy (non-hydrogen) atoms. The molecule has 1 atom stereocenters. The third kappa shape index (κ3) is 3.33. The number of hydrogen-bond donors (Lipinski definition) is 2. The normalized spacial score (nSPS) is 22.2. The van der Waals surface area contributed by atoms with Crippen molar-refractivity contribution < 1.29 is 14.3 Å². The molecule has 1 saturated heterocycles. The zero-order valence-corrected chi connectivity index (χ0v) is 8.72. The number of carbonyl (C=O) groups is 2. The van der Waals surface area contributed by atoms with E-state index in [0.717, 1.165) is 0 Å². The van der Waals surface area contributed by atoms with Crippen LogP contribution in [0.3, 0.4) is 0 Å². The smallest absolute Gasteiger partial charge is 0.408 e. The topological polar surface area (TPSA) is 67.4 Å². The Labute approximate surface area is 83.2 Å². The Morgan fingerprint density at radius 1 is 1.57 bits per heavy atom. The second-order valence-electron chi connectivity index (χ2n) is 4.30. The molecule has 0 spiro atoms. The van der Waals surface area contributed by atoms with Gasteiger partial charge in [0.05, 0.1) is 6.54 Å². The molecule has 0 saturated carbocycles. The maximum atomic E-state index is 11.2. The first-order valence-electron chi connectivity index (χ1n) is 4.61. The van der Waals surface area contributed by atoms with Crippen molar-refractivity contribution in [1.82, 2.24) is 10.6 Å². The van der Waals surface area contributed by atoms with Crippen molar-refractivity contribution in [3.8, 4) is 0 Å². The van der Waals surface area contributed by atoms with E-state index in [1.54, 1.807) is 20.8 Å². The van der Waals surface area contributed by atoms with Crippen LogP contribution in [0.25, 0.3) is 0 Å². The molecule has 0 aromatic heterocycles. The molecule has 0 aromatic rings. The standard InChI is InChI=1S/C9H16N2O3/c1-9(2,3)14-8(13)11-6-4-10-5-7(6)12/h6,10H,4-5H2,1-3H3,(H,11,13). The minimum atomic E-state index is -0.542. The fourth-order valence-corrected chi connectivity index (χ4v) is 1.16. The Kier molecular flexibility index (Phi) is 3.10. The average Bonchev–Trinajstić information content (AvgIpc) is 2.32. The zero-order valence-electron chi connectivity index (χ0n) is 8.72. The lowest BCUT2D eigenvalue weighted by molar-refractivity contribution is -0.118. The number of Topliss-reactive ketones (excluding diaryl/α,β-unsaturated/α-hetero) is 1. The summed E-state index contributed by atoms with van der Waals surface area (Å²) in [6, 6.07) is -0.440. The number of ketones is 1. The number of carbonyl (C=O) groups excluding carboxylic acids is 2. The van der Waals surface area contributed by atoms with E-state index in [2.05, 4.69) is 10.6 Å². The lowest BCUT2D eigenvalue weighted by Crippen LogP contribution is -2.43. The van der Waals surface area contributed by atoms with Crippen molar-refractivity contribution in [2.45, 2.75) is 32.4 Å². The van der Waals surface area contributed by atoms with Gasteiger partial charge in [-0.15, -0.1) is 0 Å². The highest BCUT2D eigenvalue weighted by atomic mass is 16.6. The van der Waals surface area contributed by atoms with Gasteiger partial charge >= 0.3 is 6.09 Å². The lowest BCUT2D eigenvalue weighted by atomic mass is 10.2. The van der Waals surface area contributed by atoms with Gasteiger partial charge in [-0.2, -0.15) is 0 Å². The van der Waals surface area contributed by atoms with Gasteiger partial charge < -0.3 is 15.4 Å². The maximum absolute atomic E-state index is 11.2. The average molecular weight is 200 g/mol. The van der Waals surface area contributed by atoms with E-state index in [4.69, 9.17) is 4.74 Å². The van der Waals surface area contributed by atoms with E-state index in [-0.39, 0.29) is 5.78 Å². The summed E-state index contributed by atoms with van der Waals surface area (Å²) in [7, 11) is 0. The quantitative estimate of drug-likeness (QED) is 0.627. The first kappa shape index (κ1) is 11.0. The van der Waals surface area contributed by atoms with E-state index >= 15 is 0 Å². The largest absolute Gasteiger partial charge is 0.444 e. The summed E-state index contributed by atoms with van der Waals surface area (Å²) in [5.74, 6) is -0.00383. The van der Waals surface area contributed by atoms with Crippen LogP contribution in [0, 0.1) is 0 Å². The highest BCUT2D eigenvalue weighted by molar-refractivity contribution is 5.91.